The fourth-order valence-electron chi connectivity index (χ4n) is 5.14. The number of nitrogens with zero attached hydrogens (tertiary/aromatic N) is 5. The molecule has 1 fully saturated rings. The van der Waals surface area contributed by atoms with E-state index in [1.54, 1.807) is 41.4 Å². The van der Waals surface area contributed by atoms with Crippen molar-refractivity contribution in [3.63, 3.8) is 0 Å². The van der Waals surface area contributed by atoms with E-state index in [2.05, 4.69) is 9.97 Å². The van der Waals surface area contributed by atoms with Crippen LogP contribution in [0.3, 0.4) is 0 Å². The number of fused-ring (bicyclic) bond motifs is 3. The third-order valence-electron chi connectivity index (χ3n) is 7.04. The van der Waals surface area contributed by atoms with Crippen LogP contribution in [0.2, 0.25) is 0 Å². The van der Waals surface area contributed by atoms with Crippen LogP contribution >= 0.6 is 0 Å². The Bertz CT molecular complexity index is 1610. The van der Waals surface area contributed by atoms with E-state index >= 15 is 0 Å². The third kappa shape index (κ3) is 5.81. The van der Waals surface area contributed by atoms with Crippen LogP contribution < -0.4 is 10.1 Å². The van der Waals surface area contributed by atoms with E-state index in [1.165, 1.54) is 24.0 Å². The fraction of sp³-hybridized carbons (Fsp3) is 0.370. The Morgan fingerprint density at radius 1 is 1.10 bits per heavy atom. The first-order valence-electron chi connectivity index (χ1n) is 12.9. The average molecular weight is 573 g/mol. The van der Waals surface area contributed by atoms with Crippen molar-refractivity contribution in [1.82, 2.24) is 29.2 Å². The van der Waals surface area contributed by atoms with Gasteiger partial charge >= 0.3 is 24.1 Å². The average Bonchev–Trinajstić information content (AvgIpc) is 3.65. The molecule has 2 amide bonds. The normalized spacial score (nSPS) is 17.2. The minimum absolute atomic E-state index is 0.00934. The van der Waals surface area contributed by atoms with Crippen molar-refractivity contribution in [2.45, 2.75) is 39.1 Å². The highest BCUT2D eigenvalue weighted by Gasteiger charge is 2.38. The molecule has 0 unspecified atom stereocenters. The summed E-state index contributed by atoms with van der Waals surface area (Å²) in [5, 5.41) is 1.95. The van der Waals surface area contributed by atoms with Crippen molar-refractivity contribution in [3.8, 4) is 5.75 Å². The second kappa shape index (κ2) is 11.1. The summed E-state index contributed by atoms with van der Waals surface area (Å²) in [5.74, 6) is -1.32. The fourth-order valence-corrected chi connectivity index (χ4v) is 5.14. The van der Waals surface area contributed by atoms with Gasteiger partial charge in [-0.05, 0) is 24.1 Å². The summed E-state index contributed by atoms with van der Waals surface area (Å²) in [7, 11) is 0. The van der Waals surface area contributed by atoms with Crippen LogP contribution in [0.4, 0.5) is 18.0 Å². The van der Waals surface area contributed by atoms with Gasteiger partial charge in [-0.2, -0.15) is 13.2 Å². The minimum atomic E-state index is -4.49. The van der Waals surface area contributed by atoms with Crippen LogP contribution in [0.5, 0.6) is 5.75 Å². The number of esters is 2. The first kappa shape index (κ1) is 27.9. The number of hydrogen-bond acceptors (Lipinski definition) is 7. The number of rotatable bonds is 7. The molecule has 2 atom stereocenters. The van der Waals surface area contributed by atoms with Gasteiger partial charge in [0.25, 0.3) is 0 Å². The van der Waals surface area contributed by atoms with Gasteiger partial charge in [-0.15, -0.1) is 0 Å². The Morgan fingerprint density at radius 2 is 1.88 bits per heavy atom. The van der Waals surface area contributed by atoms with Crippen molar-refractivity contribution in [1.29, 1.82) is 0 Å². The van der Waals surface area contributed by atoms with Gasteiger partial charge in [-0.1, -0.05) is 25.5 Å². The number of halogens is 3. The molecule has 0 saturated carbocycles. The number of amides is 2. The van der Waals surface area contributed by atoms with Crippen LogP contribution in [0.25, 0.3) is 16.8 Å². The summed E-state index contributed by atoms with van der Waals surface area (Å²) in [6.07, 6.45) is 1.19. The lowest BCUT2D eigenvalue weighted by molar-refractivity contribution is -0.132. The molecular weight excluding hydrogens is 545 g/mol. The van der Waals surface area contributed by atoms with Gasteiger partial charge in [0.15, 0.2) is 18.0 Å². The Morgan fingerprint density at radius 3 is 2.61 bits per heavy atom. The molecule has 1 aromatic carbocycles. The van der Waals surface area contributed by atoms with Crippen LogP contribution in [0, 0.1) is 5.92 Å². The summed E-state index contributed by atoms with van der Waals surface area (Å²) >= 11 is 0. The van der Waals surface area contributed by atoms with E-state index in [4.69, 9.17) is 9.47 Å². The largest absolute Gasteiger partial charge is 0.440 e. The predicted octanol–water partition coefficient (Wildman–Crippen LogP) is 4.12. The molecule has 4 aromatic rings. The molecule has 216 valence electrons. The summed E-state index contributed by atoms with van der Waals surface area (Å²) in [6.45, 7) is 2.20. The second-order valence-corrected chi connectivity index (χ2v) is 9.73. The topological polar surface area (TPSA) is 120 Å². The van der Waals surface area contributed by atoms with Gasteiger partial charge < -0.3 is 19.7 Å². The zero-order valence-corrected chi connectivity index (χ0v) is 22.2. The number of nitrogens with one attached hydrogen (secondary N) is 1. The van der Waals surface area contributed by atoms with Crippen LogP contribution in [-0.2, 0) is 16.3 Å². The van der Waals surface area contributed by atoms with Gasteiger partial charge in [0.05, 0.1) is 11.7 Å². The van der Waals surface area contributed by atoms with E-state index in [0.29, 0.717) is 29.8 Å². The number of alkyl halides is 3. The summed E-state index contributed by atoms with van der Waals surface area (Å²) in [6, 6.07) is 7.29. The van der Waals surface area contributed by atoms with E-state index in [0.717, 1.165) is 5.69 Å². The Labute approximate surface area is 231 Å². The number of benzene rings is 1. The third-order valence-corrected chi connectivity index (χ3v) is 7.04. The van der Waals surface area contributed by atoms with Gasteiger partial charge in [0.1, 0.15) is 17.9 Å². The van der Waals surface area contributed by atoms with E-state index in [1.807, 2.05) is 16.6 Å². The molecule has 0 aliphatic carbocycles. The van der Waals surface area contributed by atoms with Crippen molar-refractivity contribution in [3.05, 3.63) is 60.2 Å². The number of carbonyl (C=O) groups excluding carboxylic acids is 3. The van der Waals surface area contributed by atoms with Gasteiger partial charge in [0, 0.05) is 44.0 Å². The van der Waals surface area contributed by atoms with E-state index in [-0.39, 0.29) is 36.4 Å². The molecule has 1 saturated heterocycles. The molecule has 0 bridgehead atoms. The van der Waals surface area contributed by atoms with Crippen LogP contribution in [-0.4, -0.2) is 67.6 Å². The molecular formula is C27H27F3N6O5. The highest BCUT2D eigenvalue weighted by Crippen LogP contribution is 2.36. The maximum atomic E-state index is 12.8. The molecule has 1 N–H and O–H groups in total. The summed E-state index contributed by atoms with van der Waals surface area (Å²) in [4.78, 5) is 47.0. The van der Waals surface area contributed by atoms with E-state index < -0.39 is 30.7 Å². The maximum absolute atomic E-state index is 12.8. The molecule has 0 radical (unpaired) electrons. The highest BCUT2D eigenvalue weighted by atomic mass is 19.4. The summed E-state index contributed by atoms with van der Waals surface area (Å²) in [5.41, 5.74) is 2.65. The lowest BCUT2D eigenvalue weighted by Crippen LogP contribution is -2.42. The highest BCUT2D eigenvalue weighted by molar-refractivity contribution is 5.93. The maximum Gasteiger partial charge on any atom is 0.405 e. The SMILES string of the molecule is CC[C@@H]1CN(C(=O)NCC(F)(F)F)C[C@@H]1c1cnc2cnc3c(ccn3COC(=O)c3ccccc3OC(C)=O)n12. The molecule has 14 heteroatoms. The Hall–Kier alpha value is -4.62. The van der Waals surface area contributed by atoms with Gasteiger partial charge in [-0.25, -0.2) is 19.6 Å². The first-order valence-corrected chi connectivity index (χ1v) is 12.9. The van der Waals surface area contributed by atoms with E-state index in [9.17, 15) is 27.6 Å². The van der Waals surface area contributed by atoms with Crippen LogP contribution in [0.15, 0.2) is 48.9 Å². The lowest BCUT2D eigenvalue weighted by Gasteiger charge is -2.18. The molecule has 11 nitrogen and oxygen atoms in total. The van der Waals surface area contributed by atoms with Gasteiger partial charge in [0.2, 0.25) is 0 Å². The summed E-state index contributed by atoms with van der Waals surface area (Å²) < 4.78 is 52.0. The van der Waals surface area contributed by atoms with Gasteiger partial charge in [-0.3, -0.25) is 13.8 Å². The van der Waals surface area contributed by atoms with Crippen molar-refractivity contribution >= 4 is 34.8 Å². The number of aromatic nitrogens is 4. The molecule has 1 aliphatic heterocycles. The Kier molecular flexibility index (Phi) is 7.56. The smallest absolute Gasteiger partial charge is 0.405 e. The number of ether oxygens (including phenoxy) is 2. The van der Waals surface area contributed by atoms with Crippen molar-refractivity contribution in [2.75, 3.05) is 19.6 Å². The zero-order valence-electron chi connectivity index (χ0n) is 22.2. The number of urea groups is 1. The number of imidazole rings is 1. The molecule has 0 spiro atoms. The predicted molar refractivity (Wildman–Crippen MR) is 139 cm³/mol. The standard InChI is InChI=1S/C27H27F3N6O5/c1-3-17-12-35(26(39)33-14-27(28,29)30)13-19(17)21-10-31-23-11-32-24-20(36(21)23)8-9-34(24)15-40-25(38)18-6-4-5-7-22(18)41-16(2)37/h4-11,17,19H,3,12-15H2,1-2H3,(H,33,39)/t17-,19+/m1/s1. The monoisotopic (exact) mass is 572 g/mol. The Balaban J connectivity index is 1.38. The van der Waals surface area contributed by atoms with Crippen molar-refractivity contribution in [2.24, 2.45) is 5.92 Å². The zero-order chi connectivity index (χ0) is 29.3. The van der Waals surface area contributed by atoms with Crippen molar-refractivity contribution < 1.29 is 37.0 Å². The first-order chi connectivity index (χ1) is 19.6. The van der Waals surface area contributed by atoms with Crippen LogP contribution in [0.1, 0.15) is 42.2 Å². The molecule has 3 aromatic heterocycles. The lowest BCUT2D eigenvalue weighted by atomic mass is 9.91. The number of likely N-dealkylation sites (tertiary alicyclic amines) is 1. The quantitative estimate of drug-likeness (QED) is 0.261. The molecule has 5 rings (SSSR count). The number of carbonyl (C=O) groups is 3. The number of hydrogen-bond donors (Lipinski definition) is 1. The number of para-hydroxylation sites is 1. The second-order valence-electron chi connectivity index (χ2n) is 9.73. The molecule has 4 heterocycles. The molecule has 41 heavy (non-hydrogen) atoms. The molecule has 1 aliphatic rings. The minimum Gasteiger partial charge on any atom is -0.440 e.